The SMILES string of the molecule is CN=C(NCc1ccc2c(c1)OCCCO2)NC1CCN(c2ncccc2Cl)C1. The van der Waals surface area contributed by atoms with Gasteiger partial charge in [-0.1, -0.05) is 17.7 Å². The van der Waals surface area contributed by atoms with Gasteiger partial charge in [0.15, 0.2) is 17.5 Å². The van der Waals surface area contributed by atoms with Crippen molar-refractivity contribution >= 4 is 23.4 Å². The summed E-state index contributed by atoms with van der Waals surface area (Å²) < 4.78 is 11.5. The van der Waals surface area contributed by atoms with E-state index in [0.717, 1.165) is 54.8 Å². The molecule has 4 rings (SSSR count). The Morgan fingerprint density at radius 3 is 2.97 bits per heavy atom. The molecule has 1 saturated heterocycles. The summed E-state index contributed by atoms with van der Waals surface area (Å²) >= 11 is 6.28. The van der Waals surface area contributed by atoms with Gasteiger partial charge in [-0.15, -0.1) is 0 Å². The zero-order chi connectivity index (χ0) is 20.1. The number of pyridine rings is 1. The third-order valence-electron chi connectivity index (χ3n) is 5.06. The van der Waals surface area contributed by atoms with E-state index >= 15 is 0 Å². The summed E-state index contributed by atoms with van der Waals surface area (Å²) in [4.78, 5) is 11.0. The van der Waals surface area contributed by atoms with Gasteiger partial charge in [0, 0.05) is 45.3 Å². The van der Waals surface area contributed by atoms with E-state index in [1.807, 2.05) is 30.3 Å². The van der Waals surface area contributed by atoms with Crippen molar-refractivity contribution in [2.45, 2.75) is 25.4 Å². The maximum absolute atomic E-state index is 6.28. The molecule has 154 valence electrons. The molecule has 1 aromatic heterocycles. The highest BCUT2D eigenvalue weighted by Crippen LogP contribution is 2.30. The molecule has 2 aliphatic heterocycles. The number of hydrogen-bond acceptors (Lipinski definition) is 5. The highest BCUT2D eigenvalue weighted by atomic mass is 35.5. The Morgan fingerprint density at radius 1 is 1.28 bits per heavy atom. The van der Waals surface area contributed by atoms with Gasteiger partial charge in [-0.25, -0.2) is 4.98 Å². The first-order chi connectivity index (χ1) is 14.2. The van der Waals surface area contributed by atoms with Crippen LogP contribution in [0, 0.1) is 0 Å². The minimum absolute atomic E-state index is 0.281. The Balaban J connectivity index is 1.31. The average Bonchev–Trinajstić information content (AvgIpc) is 3.07. The Kier molecular flexibility index (Phi) is 6.24. The number of rotatable bonds is 4. The van der Waals surface area contributed by atoms with Gasteiger partial charge >= 0.3 is 0 Å². The van der Waals surface area contributed by atoms with E-state index in [1.165, 1.54) is 0 Å². The quantitative estimate of drug-likeness (QED) is 0.591. The van der Waals surface area contributed by atoms with Gasteiger partial charge in [-0.3, -0.25) is 4.99 Å². The second kappa shape index (κ2) is 9.22. The van der Waals surface area contributed by atoms with Crippen LogP contribution in [0.3, 0.4) is 0 Å². The molecule has 29 heavy (non-hydrogen) atoms. The number of ether oxygens (including phenoxy) is 2. The van der Waals surface area contributed by atoms with Gasteiger partial charge in [0.2, 0.25) is 0 Å². The maximum Gasteiger partial charge on any atom is 0.191 e. The van der Waals surface area contributed by atoms with Crippen LogP contribution in [-0.2, 0) is 6.54 Å². The summed E-state index contributed by atoms with van der Waals surface area (Å²) in [5, 5.41) is 7.57. The summed E-state index contributed by atoms with van der Waals surface area (Å²) in [7, 11) is 1.78. The minimum Gasteiger partial charge on any atom is -0.490 e. The summed E-state index contributed by atoms with van der Waals surface area (Å²) in [5.74, 6) is 3.24. The van der Waals surface area contributed by atoms with E-state index in [4.69, 9.17) is 21.1 Å². The van der Waals surface area contributed by atoms with Gasteiger partial charge in [0.05, 0.1) is 18.2 Å². The smallest absolute Gasteiger partial charge is 0.191 e. The topological polar surface area (TPSA) is 71.0 Å². The highest BCUT2D eigenvalue weighted by Gasteiger charge is 2.25. The van der Waals surface area contributed by atoms with Crippen LogP contribution in [-0.4, -0.2) is 50.3 Å². The Labute approximate surface area is 176 Å². The first kappa shape index (κ1) is 19.6. The molecule has 7 nitrogen and oxygen atoms in total. The molecular weight excluding hydrogens is 390 g/mol. The summed E-state index contributed by atoms with van der Waals surface area (Å²) in [5.41, 5.74) is 1.12. The van der Waals surface area contributed by atoms with Crippen molar-refractivity contribution < 1.29 is 9.47 Å². The molecule has 1 fully saturated rings. The lowest BCUT2D eigenvalue weighted by Crippen LogP contribution is -2.44. The fourth-order valence-corrected chi connectivity index (χ4v) is 3.81. The second-order valence-corrected chi connectivity index (χ2v) is 7.55. The van der Waals surface area contributed by atoms with Crippen molar-refractivity contribution in [1.29, 1.82) is 0 Å². The number of aromatic nitrogens is 1. The van der Waals surface area contributed by atoms with Crippen LogP contribution in [0.15, 0.2) is 41.5 Å². The van der Waals surface area contributed by atoms with E-state index in [9.17, 15) is 0 Å². The van der Waals surface area contributed by atoms with Crippen molar-refractivity contribution in [3.05, 3.63) is 47.1 Å². The summed E-state index contributed by atoms with van der Waals surface area (Å²) in [6.07, 6.45) is 3.68. The molecule has 1 aromatic carbocycles. The molecule has 2 aromatic rings. The van der Waals surface area contributed by atoms with Crippen LogP contribution >= 0.6 is 11.6 Å². The standard InChI is InChI=1S/C21H26ClN5O2/c1-23-21(25-13-15-5-6-18-19(12-15)29-11-3-10-28-18)26-16-7-9-27(14-16)20-17(22)4-2-8-24-20/h2,4-6,8,12,16H,3,7,9-11,13-14H2,1H3,(H2,23,25,26). The molecule has 0 aliphatic carbocycles. The molecule has 3 heterocycles. The minimum atomic E-state index is 0.281. The van der Waals surface area contributed by atoms with E-state index in [-0.39, 0.29) is 6.04 Å². The largest absolute Gasteiger partial charge is 0.490 e. The molecule has 0 amide bonds. The lowest BCUT2D eigenvalue weighted by Gasteiger charge is -2.20. The average molecular weight is 416 g/mol. The first-order valence-corrected chi connectivity index (χ1v) is 10.3. The predicted octanol–water partition coefficient (Wildman–Crippen LogP) is 2.84. The van der Waals surface area contributed by atoms with Gasteiger partial charge in [0.25, 0.3) is 0 Å². The van der Waals surface area contributed by atoms with Crippen LogP contribution in [0.2, 0.25) is 5.02 Å². The Bertz CT molecular complexity index is 876. The van der Waals surface area contributed by atoms with Gasteiger partial charge in [-0.05, 0) is 36.2 Å². The maximum atomic E-state index is 6.28. The molecular formula is C21H26ClN5O2. The van der Waals surface area contributed by atoms with Crippen LogP contribution in [0.1, 0.15) is 18.4 Å². The third-order valence-corrected chi connectivity index (χ3v) is 5.36. The number of nitrogens with one attached hydrogen (secondary N) is 2. The number of halogens is 1. The van der Waals surface area contributed by atoms with Gasteiger partial charge < -0.3 is 25.0 Å². The van der Waals surface area contributed by atoms with Crippen LogP contribution in [0.4, 0.5) is 5.82 Å². The summed E-state index contributed by atoms with van der Waals surface area (Å²) in [6, 6.07) is 10.1. The number of fused-ring (bicyclic) bond motifs is 1. The third kappa shape index (κ3) is 4.85. The number of benzene rings is 1. The number of nitrogens with zero attached hydrogens (tertiary/aromatic N) is 3. The van der Waals surface area contributed by atoms with Gasteiger partial charge in [0.1, 0.15) is 5.82 Å². The van der Waals surface area contributed by atoms with E-state index < -0.39 is 0 Å². The lowest BCUT2D eigenvalue weighted by molar-refractivity contribution is 0.297. The van der Waals surface area contributed by atoms with Crippen molar-refractivity contribution in [3.63, 3.8) is 0 Å². The molecule has 2 aliphatic rings. The zero-order valence-electron chi connectivity index (χ0n) is 16.5. The Morgan fingerprint density at radius 2 is 2.14 bits per heavy atom. The lowest BCUT2D eigenvalue weighted by atomic mass is 10.2. The number of aliphatic imine (C=N–C) groups is 1. The van der Waals surface area contributed by atoms with Crippen LogP contribution in [0.25, 0.3) is 0 Å². The van der Waals surface area contributed by atoms with Gasteiger partial charge in [-0.2, -0.15) is 0 Å². The van der Waals surface area contributed by atoms with Crippen molar-refractivity contribution in [2.75, 3.05) is 38.3 Å². The molecule has 8 heteroatoms. The molecule has 1 unspecified atom stereocenters. The fraction of sp³-hybridized carbons (Fsp3) is 0.429. The predicted molar refractivity (Wildman–Crippen MR) is 115 cm³/mol. The highest BCUT2D eigenvalue weighted by molar-refractivity contribution is 6.32. The molecule has 0 saturated carbocycles. The van der Waals surface area contributed by atoms with Crippen LogP contribution < -0.4 is 25.0 Å². The van der Waals surface area contributed by atoms with E-state index in [0.29, 0.717) is 24.8 Å². The van der Waals surface area contributed by atoms with Crippen molar-refractivity contribution in [1.82, 2.24) is 15.6 Å². The zero-order valence-corrected chi connectivity index (χ0v) is 17.3. The molecule has 1 atom stereocenters. The Hall–Kier alpha value is -2.67. The van der Waals surface area contributed by atoms with E-state index in [1.54, 1.807) is 13.2 Å². The van der Waals surface area contributed by atoms with Crippen molar-refractivity contribution in [3.8, 4) is 11.5 Å². The molecule has 0 spiro atoms. The number of anilines is 1. The van der Waals surface area contributed by atoms with E-state index in [2.05, 4.69) is 25.5 Å². The molecule has 0 bridgehead atoms. The van der Waals surface area contributed by atoms with Crippen molar-refractivity contribution in [2.24, 2.45) is 4.99 Å². The molecule has 2 N–H and O–H groups in total. The normalized spacial score (nSPS) is 19.0. The second-order valence-electron chi connectivity index (χ2n) is 7.14. The first-order valence-electron chi connectivity index (χ1n) is 9.94. The number of guanidine groups is 1. The number of hydrogen-bond donors (Lipinski definition) is 2. The summed E-state index contributed by atoms with van der Waals surface area (Å²) in [6.45, 7) is 3.78. The molecule has 0 radical (unpaired) electrons. The van der Waals surface area contributed by atoms with Crippen LogP contribution in [0.5, 0.6) is 11.5 Å². The fourth-order valence-electron chi connectivity index (χ4n) is 3.57. The monoisotopic (exact) mass is 415 g/mol.